The maximum absolute atomic E-state index is 11.6. The lowest BCUT2D eigenvalue weighted by molar-refractivity contribution is -0.118. The fourth-order valence-electron chi connectivity index (χ4n) is 1.12. The number of hydrogen-bond donors (Lipinski definition) is 3. The maximum Gasteiger partial charge on any atom is 0.305 e. The van der Waals surface area contributed by atoms with Crippen LogP contribution in [0.15, 0.2) is 4.79 Å². The van der Waals surface area contributed by atoms with Crippen LogP contribution in [0.5, 0.6) is 0 Å². The predicted octanol–water partition coefficient (Wildman–Crippen LogP) is -0.389. The molecule has 0 spiro atoms. The second-order valence-electron chi connectivity index (χ2n) is 3.21. The van der Waals surface area contributed by atoms with Gasteiger partial charge in [0.2, 0.25) is 5.91 Å². The lowest BCUT2D eigenvalue weighted by atomic mass is 10.4. The van der Waals surface area contributed by atoms with Crippen molar-refractivity contribution in [1.82, 2.24) is 15.6 Å². The Morgan fingerprint density at radius 2 is 1.94 bits per heavy atom. The number of carbonyl (C=O) groups excluding carboxylic acids is 2. The van der Waals surface area contributed by atoms with E-state index < -0.39 is 0 Å². The third-order valence-electron chi connectivity index (χ3n) is 1.82. The normalized spacial score (nSPS) is 9.88. The first kappa shape index (κ1) is 12.4. The highest BCUT2D eigenvalue weighted by Gasteiger charge is 2.12. The second-order valence-corrected chi connectivity index (χ2v) is 4.19. The molecule has 2 amide bonds. The number of hydrogen-bond acceptors (Lipinski definition) is 4. The Morgan fingerprint density at radius 3 is 2.44 bits per heavy atom. The number of carbonyl (C=O) groups is 2. The number of aryl methyl sites for hydroxylation is 1. The summed E-state index contributed by atoms with van der Waals surface area (Å²) in [7, 11) is 0. The van der Waals surface area contributed by atoms with Gasteiger partial charge in [-0.25, -0.2) is 0 Å². The molecule has 0 fully saturated rings. The van der Waals surface area contributed by atoms with Crippen molar-refractivity contribution in [3.05, 3.63) is 20.2 Å². The molecular formula is C9H13N3O3S. The van der Waals surface area contributed by atoms with Gasteiger partial charge in [0.1, 0.15) is 4.88 Å². The van der Waals surface area contributed by atoms with Crippen LogP contribution in [0.3, 0.4) is 0 Å². The standard InChI is InChI=1S/C9H13N3O3S/c1-5-7(16-9(15)12-5)8(14)11-4-3-10-6(2)13/h3-4H2,1-2H3,(H,10,13)(H,11,14)(H,12,15). The molecule has 0 saturated carbocycles. The Bertz CT molecular complexity index is 449. The molecule has 1 heterocycles. The van der Waals surface area contributed by atoms with Gasteiger partial charge in [0.25, 0.3) is 5.91 Å². The Balaban J connectivity index is 2.44. The maximum atomic E-state index is 11.6. The molecule has 1 aromatic heterocycles. The summed E-state index contributed by atoms with van der Waals surface area (Å²) in [6.07, 6.45) is 0. The summed E-state index contributed by atoms with van der Waals surface area (Å²) in [6, 6.07) is 0. The minimum atomic E-state index is -0.300. The molecule has 0 aliphatic carbocycles. The first-order valence-corrected chi connectivity index (χ1v) is 5.54. The molecule has 0 bridgehead atoms. The minimum Gasteiger partial charge on any atom is -0.355 e. The van der Waals surface area contributed by atoms with Crippen LogP contribution in [0.4, 0.5) is 0 Å². The van der Waals surface area contributed by atoms with Gasteiger partial charge in [-0.3, -0.25) is 14.4 Å². The van der Waals surface area contributed by atoms with Crippen LogP contribution in [-0.2, 0) is 4.79 Å². The lowest BCUT2D eigenvalue weighted by Gasteiger charge is -2.04. The number of aromatic amines is 1. The van der Waals surface area contributed by atoms with Crippen LogP contribution in [0.1, 0.15) is 22.3 Å². The Hall–Kier alpha value is -1.63. The molecule has 0 aliphatic heterocycles. The molecule has 0 radical (unpaired) electrons. The van der Waals surface area contributed by atoms with Gasteiger partial charge in [-0.2, -0.15) is 0 Å². The van der Waals surface area contributed by atoms with Crippen LogP contribution < -0.4 is 15.5 Å². The molecule has 0 atom stereocenters. The summed E-state index contributed by atoms with van der Waals surface area (Å²) >= 11 is 0.876. The highest BCUT2D eigenvalue weighted by molar-refractivity contribution is 7.11. The van der Waals surface area contributed by atoms with Crippen molar-refractivity contribution < 1.29 is 9.59 Å². The highest BCUT2D eigenvalue weighted by atomic mass is 32.1. The van der Waals surface area contributed by atoms with Crippen LogP contribution >= 0.6 is 11.3 Å². The first-order chi connectivity index (χ1) is 7.50. The monoisotopic (exact) mass is 243 g/mol. The molecule has 88 valence electrons. The number of amides is 2. The number of nitrogens with one attached hydrogen (secondary N) is 3. The van der Waals surface area contributed by atoms with Crippen molar-refractivity contribution in [1.29, 1.82) is 0 Å². The van der Waals surface area contributed by atoms with Crippen molar-refractivity contribution >= 4 is 23.2 Å². The van der Waals surface area contributed by atoms with E-state index in [1.807, 2.05) is 0 Å². The largest absolute Gasteiger partial charge is 0.355 e. The van der Waals surface area contributed by atoms with Gasteiger partial charge in [-0.1, -0.05) is 11.3 Å². The zero-order valence-corrected chi connectivity index (χ0v) is 9.86. The molecule has 0 aliphatic rings. The highest BCUT2D eigenvalue weighted by Crippen LogP contribution is 2.06. The van der Waals surface area contributed by atoms with Gasteiger partial charge in [0.15, 0.2) is 0 Å². The van der Waals surface area contributed by atoms with Crippen LogP contribution in [-0.4, -0.2) is 29.9 Å². The fraction of sp³-hybridized carbons (Fsp3) is 0.444. The molecule has 1 aromatic rings. The molecule has 0 aromatic carbocycles. The summed E-state index contributed by atoms with van der Waals surface area (Å²) in [5.74, 6) is -0.442. The average Bonchev–Trinajstić information content (AvgIpc) is 2.52. The van der Waals surface area contributed by atoms with Gasteiger partial charge in [-0.15, -0.1) is 0 Å². The molecule has 6 nitrogen and oxygen atoms in total. The van der Waals surface area contributed by atoms with Gasteiger partial charge >= 0.3 is 4.87 Å². The smallest absolute Gasteiger partial charge is 0.305 e. The number of thiazole rings is 1. The SMILES string of the molecule is CC(=O)NCCNC(=O)c1sc(=O)[nH]c1C. The van der Waals surface area contributed by atoms with Gasteiger partial charge in [-0.05, 0) is 6.92 Å². The quantitative estimate of drug-likeness (QED) is 0.629. The van der Waals surface area contributed by atoms with E-state index in [0.29, 0.717) is 23.7 Å². The van der Waals surface area contributed by atoms with E-state index in [-0.39, 0.29) is 16.7 Å². The Morgan fingerprint density at radius 1 is 1.31 bits per heavy atom. The average molecular weight is 243 g/mol. The zero-order valence-electron chi connectivity index (χ0n) is 9.05. The minimum absolute atomic E-state index is 0.142. The lowest BCUT2D eigenvalue weighted by Crippen LogP contribution is -2.33. The van der Waals surface area contributed by atoms with E-state index in [0.717, 1.165) is 11.3 Å². The first-order valence-electron chi connectivity index (χ1n) is 4.73. The van der Waals surface area contributed by atoms with E-state index in [4.69, 9.17) is 0 Å². The summed E-state index contributed by atoms with van der Waals surface area (Å²) in [4.78, 5) is 35.7. The number of aromatic nitrogens is 1. The predicted molar refractivity (Wildman–Crippen MR) is 60.7 cm³/mol. The van der Waals surface area contributed by atoms with Crippen molar-refractivity contribution in [2.75, 3.05) is 13.1 Å². The van der Waals surface area contributed by atoms with E-state index in [1.54, 1.807) is 6.92 Å². The molecule has 1 rings (SSSR count). The van der Waals surface area contributed by atoms with Gasteiger partial charge < -0.3 is 15.6 Å². The Kier molecular flexibility index (Phi) is 4.24. The number of H-pyrrole nitrogens is 1. The third-order valence-corrected chi connectivity index (χ3v) is 2.80. The summed E-state index contributed by atoms with van der Waals surface area (Å²) in [6.45, 7) is 3.79. The second kappa shape index (κ2) is 5.45. The molecular weight excluding hydrogens is 230 g/mol. The van der Waals surface area contributed by atoms with E-state index >= 15 is 0 Å². The zero-order chi connectivity index (χ0) is 12.1. The topological polar surface area (TPSA) is 91.1 Å². The summed E-state index contributed by atoms with van der Waals surface area (Å²) in [5.41, 5.74) is 0.562. The molecule has 0 saturated heterocycles. The summed E-state index contributed by atoms with van der Waals surface area (Å²) in [5, 5.41) is 5.16. The van der Waals surface area contributed by atoms with Gasteiger partial charge in [0.05, 0.1) is 0 Å². The van der Waals surface area contributed by atoms with Crippen LogP contribution in [0.2, 0.25) is 0 Å². The van der Waals surface area contributed by atoms with E-state index in [1.165, 1.54) is 6.92 Å². The molecule has 16 heavy (non-hydrogen) atoms. The van der Waals surface area contributed by atoms with Crippen molar-refractivity contribution in [2.24, 2.45) is 0 Å². The van der Waals surface area contributed by atoms with Crippen molar-refractivity contribution in [2.45, 2.75) is 13.8 Å². The van der Waals surface area contributed by atoms with Crippen LogP contribution in [0, 0.1) is 6.92 Å². The van der Waals surface area contributed by atoms with Crippen LogP contribution in [0.25, 0.3) is 0 Å². The van der Waals surface area contributed by atoms with Gasteiger partial charge in [0, 0.05) is 25.7 Å². The molecule has 7 heteroatoms. The third kappa shape index (κ3) is 3.50. The van der Waals surface area contributed by atoms with Crippen molar-refractivity contribution in [3.63, 3.8) is 0 Å². The molecule has 3 N–H and O–H groups in total. The Labute approximate surface area is 96.1 Å². The number of rotatable bonds is 4. The fourth-order valence-corrected chi connectivity index (χ4v) is 1.87. The summed E-state index contributed by atoms with van der Waals surface area (Å²) < 4.78 is 0. The van der Waals surface area contributed by atoms with E-state index in [9.17, 15) is 14.4 Å². The molecule has 0 unspecified atom stereocenters. The van der Waals surface area contributed by atoms with Crippen molar-refractivity contribution in [3.8, 4) is 0 Å². The van der Waals surface area contributed by atoms with E-state index in [2.05, 4.69) is 15.6 Å².